The fourth-order valence-electron chi connectivity index (χ4n) is 3.63. The van der Waals surface area contributed by atoms with E-state index in [0.29, 0.717) is 37.3 Å². The molecule has 0 amide bonds. The van der Waals surface area contributed by atoms with Gasteiger partial charge >= 0.3 is 0 Å². The van der Waals surface area contributed by atoms with E-state index in [1.54, 1.807) is 18.3 Å². The topological polar surface area (TPSA) is 52.6 Å². The van der Waals surface area contributed by atoms with E-state index in [1.165, 1.54) is 12.1 Å². The van der Waals surface area contributed by atoms with Crippen LogP contribution in [-0.4, -0.2) is 43.0 Å². The summed E-state index contributed by atoms with van der Waals surface area (Å²) < 4.78 is 29.1. The first kappa shape index (κ1) is 18.0. The van der Waals surface area contributed by atoms with E-state index in [1.807, 2.05) is 4.90 Å². The van der Waals surface area contributed by atoms with Gasteiger partial charge in [-0.25, -0.2) is 8.78 Å². The molecule has 2 aliphatic heterocycles. The van der Waals surface area contributed by atoms with Crippen LogP contribution in [0.3, 0.4) is 0 Å². The van der Waals surface area contributed by atoms with Gasteiger partial charge in [0, 0.05) is 49.5 Å². The maximum Gasteiger partial charge on any atom is 0.147 e. The number of anilines is 1. The largest absolute Gasteiger partial charge is 0.392 e. The highest BCUT2D eigenvalue weighted by atomic mass is 19.1. The number of piperidine rings is 2. The second-order valence-electron chi connectivity index (χ2n) is 7.07. The molecule has 0 aliphatic carbocycles. The van der Waals surface area contributed by atoms with E-state index < -0.39 is 11.6 Å². The smallest absolute Gasteiger partial charge is 0.147 e. The summed E-state index contributed by atoms with van der Waals surface area (Å²) in [5, 5.41) is 7.61. The van der Waals surface area contributed by atoms with Gasteiger partial charge in [0.15, 0.2) is 0 Å². The molecule has 0 bridgehead atoms. The average molecular weight is 374 g/mol. The molecule has 0 unspecified atom stereocenters. The highest BCUT2D eigenvalue weighted by Gasteiger charge is 2.22. The van der Waals surface area contributed by atoms with E-state index in [2.05, 4.69) is 15.5 Å². The summed E-state index contributed by atoms with van der Waals surface area (Å²) in [5.74, 6) is -0.838. The lowest BCUT2D eigenvalue weighted by Gasteiger charge is -2.30. The minimum atomic E-state index is -0.428. The molecule has 5 nitrogen and oxygen atoms in total. The molecule has 0 radical (unpaired) electrons. The van der Waals surface area contributed by atoms with Crippen LogP contribution in [0.2, 0.25) is 0 Å². The molecule has 0 saturated carbocycles. The number of aromatic nitrogens is 1. The first-order valence-corrected chi connectivity index (χ1v) is 9.51. The number of hydrogen-bond acceptors (Lipinski definition) is 4. The average Bonchev–Trinajstić information content (AvgIpc) is 3.24. The van der Waals surface area contributed by atoms with E-state index >= 15 is 0 Å². The van der Waals surface area contributed by atoms with Gasteiger partial charge in [0.25, 0.3) is 0 Å². The van der Waals surface area contributed by atoms with Gasteiger partial charge in [0.1, 0.15) is 17.7 Å². The molecule has 2 N–H and O–H groups in total. The zero-order chi connectivity index (χ0) is 18.6. The van der Waals surface area contributed by atoms with E-state index in [4.69, 9.17) is 4.84 Å². The number of nitrogens with zero attached hydrogens (tertiary/aromatic N) is 2. The van der Waals surface area contributed by atoms with Crippen molar-refractivity contribution in [2.75, 3.05) is 31.1 Å². The molecule has 1 aromatic heterocycles. The summed E-state index contributed by atoms with van der Waals surface area (Å²) >= 11 is 0. The lowest BCUT2D eigenvalue weighted by Crippen LogP contribution is -2.35. The Morgan fingerprint density at radius 1 is 1.07 bits per heavy atom. The zero-order valence-electron chi connectivity index (χ0n) is 15.2. The molecular weight excluding hydrogens is 350 g/mol. The third-order valence-corrected chi connectivity index (χ3v) is 5.22. The van der Waals surface area contributed by atoms with Crippen molar-refractivity contribution in [3.63, 3.8) is 0 Å². The van der Waals surface area contributed by atoms with Crippen molar-refractivity contribution in [3.8, 4) is 11.3 Å². The molecule has 4 rings (SSSR count). The Balaban J connectivity index is 1.40. The van der Waals surface area contributed by atoms with Gasteiger partial charge in [0.2, 0.25) is 0 Å². The number of benzene rings is 1. The molecule has 7 heteroatoms. The Kier molecular flexibility index (Phi) is 5.38. The molecule has 3 heterocycles. The minimum absolute atomic E-state index is 0.184. The van der Waals surface area contributed by atoms with Crippen molar-refractivity contribution in [3.05, 3.63) is 42.1 Å². The Morgan fingerprint density at radius 3 is 2.56 bits per heavy atom. The van der Waals surface area contributed by atoms with Crippen molar-refractivity contribution in [2.24, 2.45) is 5.16 Å². The Bertz CT molecular complexity index is 791. The van der Waals surface area contributed by atoms with Gasteiger partial charge in [-0.1, -0.05) is 5.16 Å². The summed E-state index contributed by atoms with van der Waals surface area (Å²) in [4.78, 5) is 10.4. The quantitative estimate of drug-likeness (QED) is 0.803. The van der Waals surface area contributed by atoms with Crippen molar-refractivity contribution in [2.45, 2.75) is 31.8 Å². The second kappa shape index (κ2) is 8.08. The fraction of sp³-hybridized carbons (Fsp3) is 0.450. The molecule has 1 aromatic carbocycles. The predicted octanol–water partition coefficient (Wildman–Crippen LogP) is 3.68. The first-order chi connectivity index (χ1) is 13.2. The van der Waals surface area contributed by atoms with E-state index in [0.717, 1.165) is 31.6 Å². The molecule has 0 spiro atoms. The van der Waals surface area contributed by atoms with Gasteiger partial charge in [-0.2, -0.15) is 0 Å². The number of nitrogens with one attached hydrogen (secondary N) is 2. The highest BCUT2D eigenvalue weighted by molar-refractivity contribution is 5.86. The van der Waals surface area contributed by atoms with Crippen molar-refractivity contribution >= 4 is 11.4 Å². The number of oxime groups is 1. The summed E-state index contributed by atoms with van der Waals surface area (Å²) in [6.45, 7) is 3.14. The van der Waals surface area contributed by atoms with Gasteiger partial charge in [0.05, 0.1) is 11.4 Å². The minimum Gasteiger partial charge on any atom is -0.392 e. The normalized spacial score (nSPS) is 18.6. The molecule has 27 heavy (non-hydrogen) atoms. The van der Waals surface area contributed by atoms with E-state index in [9.17, 15) is 8.78 Å². The zero-order valence-corrected chi connectivity index (χ0v) is 15.2. The number of H-pyrrole nitrogens is 1. The van der Waals surface area contributed by atoms with Gasteiger partial charge in [-0.15, -0.1) is 0 Å². The molecule has 0 atom stereocenters. The van der Waals surface area contributed by atoms with Crippen LogP contribution in [0.1, 0.15) is 25.7 Å². The van der Waals surface area contributed by atoms with Crippen LogP contribution in [0.4, 0.5) is 14.5 Å². The third-order valence-electron chi connectivity index (χ3n) is 5.22. The van der Waals surface area contributed by atoms with Crippen molar-refractivity contribution in [1.29, 1.82) is 0 Å². The monoisotopic (exact) mass is 374 g/mol. The van der Waals surface area contributed by atoms with Crippen LogP contribution < -0.4 is 10.2 Å². The van der Waals surface area contributed by atoms with Crippen LogP contribution in [-0.2, 0) is 4.84 Å². The number of aromatic amines is 1. The summed E-state index contributed by atoms with van der Waals surface area (Å²) in [5.41, 5.74) is 2.12. The standard InChI is InChI=1S/C20H24F2N4O/c21-17-13-20(18(22)12-16(17)19-2-1-7-24-19)26-10-5-14(6-11-26)25-27-15-3-8-23-9-4-15/h1-2,7,12-13,15,23-24H,3-6,8-11H2. The third kappa shape index (κ3) is 4.13. The molecule has 2 aliphatic rings. The Hall–Kier alpha value is -2.41. The highest BCUT2D eigenvalue weighted by Crippen LogP contribution is 2.30. The van der Waals surface area contributed by atoms with Gasteiger partial charge in [-0.05, 0) is 44.1 Å². The number of rotatable bonds is 4. The van der Waals surface area contributed by atoms with Crippen LogP contribution in [0.25, 0.3) is 11.3 Å². The maximum atomic E-state index is 14.6. The Morgan fingerprint density at radius 2 is 1.85 bits per heavy atom. The molecular formula is C20H24F2N4O. The lowest BCUT2D eigenvalue weighted by molar-refractivity contribution is 0.0368. The summed E-state index contributed by atoms with van der Waals surface area (Å²) in [6.07, 6.45) is 5.22. The van der Waals surface area contributed by atoms with Crippen LogP contribution in [0.5, 0.6) is 0 Å². The molecule has 144 valence electrons. The van der Waals surface area contributed by atoms with E-state index in [-0.39, 0.29) is 11.7 Å². The lowest BCUT2D eigenvalue weighted by atomic mass is 10.1. The fourth-order valence-corrected chi connectivity index (χ4v) is 3.63. The summed E-state index contributed by atoms with van der Waals surface area (Å²) in [6, 6.07) is 6.04. The molecule has 2 saturated heterocycles. The first-order valence-electron chi connectivity index (χ1n) is 9.51. The molecule has 2 aromatic rings. The van der Waals surface area contributed by atoms with Crippen molar-refractivity contribution in [1.82, 2.24) is 10.3 Å². The second-order valence-corrected chi connectivity index (χ2v) is 7.07. The van der Waals surface area contributed by atoms with Gasteiger partial charge < -0.3 is 20.0 Å². The van der Waals surface area contributed by atoms with Crippen molar-refractivity contribution < 1.29 is 13.6 Å². The number of halogens is 2. The molecule has 2 fully saturated rings. The van der Waals surface area contributed by atoms with Gasteiger partial charge in [-0.3, -0.25) is 0 Å². The van der Waals surface area contributed by atoms with Crippen LogP contribution in [0.15, 0.2) is 35.6 Å². The van der Waals surface area contributed by atoms with Crippen LogP contribution in [0, 0.1) is 11.6 Å². The number of hydrogen-bond donors (Lipinski definition) is 2. The SMILES string of the molecule is Fc1cc(N2CCC(=NOC3CCNCC3)CC2)c(F)cc1-c1ccc[nH]1. The Labute approximate surface area is 157 Å². The maximum absolute atomic E-state index is 14.6. The summed E-state index contributed by atoms with van der Waals surface area (Å²) in [7, 11) is 0. The van der Waals surface area contributed by atoms with Crippen LogP contribution >= 0.6 is 0 Å². The predicted molar refractivity (Wildman–Crippen MR) is 102 cm³/mol.